The van der Waals surface area contributed by atoms with E-state index in [-0.39, 0.29) is 10.6 Å². The van der Waals surface area contributed by atoms with Crippen LogP contribution < -0.4 is 0 Å². The second-order valence-electron chi connectivity index (χ2n) is 8.26. The van der Waals surface area contributed by atoms with Crippen molar-refractivity contribution in [2.45, 2.75) is 36.6 Å². The Bertz CT molecular complexity index is 1430. The molecule has 2 heterocycles. The number of nitrogens with zero attached hydrogens (tertiary/aromatic N) is 3. The number of carbonyl (C=O) groups excluding carboxylic acids is 3. The molecule has 1 aliphatic rings. The van der Waals surface area contributed by atoms with Gasteiger partial charge in [0.05, 0.1) is 16.9 Å². The van der Waals surface area contributed by atoms with Crippen LogP contribution in [0.25, 0.3) is 11.8 Å². The van der Waals surface area contributed by atoms with Crippen LogP contribution in [0.4, 0.5) is 10.5 Å². The summed E-state index contributed by atoms with van der Waals surface area (Å²) in [7, 11) is 1.21. The minimum Gasteiger partial charge on any atom is -0.467 e. The van der Waals surface area contributed by atoms with Gasteiger partial charge in [-0.2, -0.15) is 0 Å². The molecule has 190 valence electrons. The number of hydrogen-bond donors (Lipinski definition) is 0. The second-order valence-corrected chi connectivity index (χ2v) is 10.4. The van der Waals surface area contributed by atoms with E-state index in [4.69, 9.17) is 0 Å². The number of hydrogen-bond acceptors (Lipinski definition) is 8. The third kappa shape index (κ3) is 5.32. The number of carbonyl (C=O) groups is 3. The van der Waals surface area contributed by atoms with Gasteiger partial charge >= 0.3 is 5.97 Å². The van der Waals surface area contributed by atoms with E-state index in [1.54, 1.807) is 18.2 Å². The van der Waals surface area contributed by atoms with Gasteiger partial charge in [-0.1, -0.05) is 11.8 Å². The summed E-state index contributed by atoms with van der Waals surface area (Å²) in [5.74, 6) is -1.18. The molecule has 0 unspecified atom stereocenters. The van der Waals surface area contributed by atoms with Crippen LogP contribution in [0.3, 0.4) is 0 Å². The van der Waals surface area contributed by atoms with Gasteiger partial charge in [-0.05, 0) is 86.6 Å². The smallest absolute Gasteiger partial charge is 0.328 e. The Labute approximate surface area is 221 Å². The van der Waals surface area contributed by atoms with Gasteiger partial charge in [0.1, 0.15) is 6.04 Å². The fourth-order valence-electron chi connectivity index (χ4n) is 4.00. The molecule has 0 bridgehead atoms. The highest BCUT2D eigenvalue weighted by Gasteiger charge is 2.41. The van der Waals surface area contributed by atoms with Crippen LogP contribution in [0.1, 0.15) is 23.9 Å². The average Bonchev–Trinajstić information content (AvgIpc) is 3.32. The van der Waals surface area contributed by atoms with Crippen molar-refractivity contribution in [3.8, 4) is 5.69 Å². The number of nitro benzene ring substituents is 1. The molecule has 1 aliphatic heterocycles. The molecule has 0 aliphatic carbocycles. The molecule has 3 aromatic rings. The third-order valence-electron chi connectivity index (χ3n) is 5.89. The molecule has 0 spiro atoms. The predicted octanol–water partition coefficient (Wildman–Crippen LogP) is 5.75. The van der Waals surface area contributed by atoms with E-state index in [0.29, 0.717) is 0 Å². The molecule has 1 fully saturated rings. The maximum Gasteiger partial charge on any atom is 0.328 e. The first-order valence-corrected chi connectivity index (χ1v) is 12.8. The van der Waals surface area contributed by atoms with Gasteiger partial charge in [0.25, 0.3) is 16.8 Å². The van der Waals surface area contributed by atoms with Crippen LogP contribution in [0.2, 0.25) is 0 Å². The van der Waals surface area contributed by atoms with Crippen LogP contribution in [-0.4, -0.2) is 44.7 Å². The van der Waals surface area contributed by atoms with Crippen molar-refractivity contribution in [3.63, 3.8) is 0 Å². The number of ether oxygens (including phenoxy) is 1. The Kier molecular flexibility index (Phi) is 7.55. The van der Waals surface area contributed by atoms with Crippen molar-refractivity contribution >= 4 is 52.4 Å². The molecular formula is C26H23N3O6S2. The van der Waals surface area contributed by atoms with E-state index >= 15 is 0 Å². The zero-order valence-electron chi connectivity index (χ0n) is 20.5. The number of nitro groups is 1. The number of benzene rings is 2. The van der Waals surface area contributed by atoms with Crippen molar-refractivity contribution in [2.24, 2.45) is 0 Å². The normalized spacial score (nSPS) is 15.4. The Morgan fingerprint density at radius 3 is 2.24 bits per heavy atom. The largest absolute Gasteiger partial charge is 0.467 e. The Morgan fingerprint density at radius 1 is 1.08 bits per heavy atom. The van der Waals surface area contributed by atoms with E-state index < -0.39 is 28.1 Å². The molecule has 2 aromatic carbocycles. The second kappa shape index (κ2) is 10.7. The first-order valence-electron chi connectivity index (χ1n) is 11.2. The maximum absolute atomic E-state index is 12.9. The molecule has 37 heavy (non-hydrogen) atoms. The van der Waals surface area contributed by atoms with Crippen molar-refractivity contribution in [1.82, 2.24) is 9.47 Å². The van der Waals surface area contributed by atoms with Crippen LogP contribution in [0.5, 0.6) is 0 Å². The molecule has 4 rings (SSSR count). The lowest BCUT2D eigenvalue weighted by atomic mass is 10.2. The Morgan fingerprint density at radius 2 is 1.68 bits per heavy atom. The van der Waals surface area contributed by atoms with Crippen molar-refractivity contribution < 1.29 is 24.0 Å². The van der Waals surface area contributed by atoms with Gasteiger partial charge < -0.3 is 9.30 Å². The summed E-state index contributed by atoms with van der Waals surface area (Å²) in [6, 6.07) is 15.2. The van der Waals surface area contributed by atoms with Crippen molar-refractivity contribution in [1.29, 1.82) is 0 Å². The van der Waals surface area contributed by atoms with Crippen molar-refractivity contribution in [2.75, 3.05) is 7.11 Å². The highest BCUT2D eigenvalue weighted by atomic mass is 32.2. The number of thioether (sulfide) groups is 1. The topological polar surface area (TPSA) is 112 Å². The van der Waals surface area contributed by atoms with Crippen LogP contribution in [0.15, 0.2) is 69.3 Å². The molecule has 1 atom stereocenters. The number of aryl methyl sites for hydroxylation is 1. The van der Waals surface area contributed by atoms with E-state index in [2.05, 4.69) is 4.74 Å². The van der Waals surface area contributed by atoms with Gasteiger partial charge in [0.15, 0.2) is 0 Å². The predicted molar refractivity (Wildman–Crippen MR) is 142 cm³/mol. The molecule has 2 amide bonds. The Balaban J connectivity index is 1.55. The van der Waals surface area contributed by atoms with Crippen LogP contribution >= 0.6 is 23.5 Å². The van der Waals surface area contributed by atoms with Gasteiger partial charge in [-0.15, -0.1) is 0 Å². The maximum atomic E-state index is 12.9. The summed E-state index contributed by atoms with van der Waals surface area (Å²) in [4.78, 5) is 50.6. The van der Waals surface area contributed by atoms with Crippen molar-refractivity contribution in [3.05, 3.63) is 86.6 Å². The minimum absolute atomic E-state index is 0.0526. The van der Waals surface area contributed by atoms with Crippen LogP contribution in [-0.2, 0) is 14.3 Å². The lowest BCUT2D eigenvalue weighted by Gasteiger charge is -2.18. The summed E-state index contributed by atoms with van der Waals surface area (Å²) in [5, 5.41) is 10.3. The number of imide groups is 1. The van der Waals surface area contributed by atoms with E-state index in [1.165, 1.54) is 37.9 Å². The van der Waals surface area contributed by atoms with Gasteiger partial charge in [-0.25, -0.2) is 4.79 Å². The van der Waals surface area contributed by atoms with Gasteiger partial charge in [0, 0.05) is 39.0 Å². The molecular weight excluding hydrogens is 514 g/mol. The van der Waals surface area contributed by atoms with Gasteiger partial charge in [-0.3, -0.25) is 24.6 Å². The fraction of sp³-hybridized carbons (Fsp3) is 0.192. The number of rotatable bonds is 7. The SMILES string of the molecule is COC(=O)[C@@H](C)N1C(=O)S/C(=C/c2cc(C)n(-c3ccc(Sc4ccc([N+](=O)[O-])cc4)cc3)c2C)C1=O. The Hall–Kier alpha value is -3.83. The number of non-ortho nitro benzene ring substituents is 1. The van der Waals surface area contributed by atoms with Crippen LogP contribution in [0, 0.1) is 24.0 Å². The molecule has 1 saturated heterocycles. The zero-order chi connectivity index (χ0) is 26.9. The fourth-order valence-corrected chi connectivity index (χ4v) is 5.71. The third-order valence-corrected chi connectivity index (χ3v) is 7.79. The molecule has 0 saturated carbocycles. The summed E-state index contributed by atoms with van der Waals surface area (Å²) >= 11 is 2.30. The van der Waals surface area contributed by atoms with E-state index in [0.717, 1.165) is 49.1 Å². The monoisotopic (exact) mass is 537 g/mol. The summed E-state index contributed by atoms with van der Waals surface area (Å²) in [6.45, 7) is 5.34. The number of esters is 1. The standard InChI is InChI=1S/C26H23N3O6S2/c1-15-13-18(14-23-24(30)28(26(32)37-23)17(3)25(31)35-4)16(2)27(15)19-5-9-21(10-6-19)36-22-11-7-20(8-12-22)29(33)34/h5-14,17H,1-4H3/b23-14+/t17-/m1/s1. The van der Waals surface area contributed by atoms with E-state index in [1.807, 2.05) is 48.7 Å². The highest BCUT2D eigenvalue weighted by Crippen LogP contribution is 2.35. The lowest BCUT2D eigenvalue weighted by Crippen LogP contribution is -2.42. The van der Waals surface area contributed by atoms with E-state index in [9.17, 15) is 24.5 Å². The average molecular weight is 538 g/mol. The lowest BCUT2D eigenvalue weighted by molar-refractivity contribution is -0.384. The molecule has 9 nitrogen and oxygen atoms in total. The number of methoxy groups -OCH3 is 1. The first-order chi connectivity index (χ1) is 17.6. The summed E-state index contributed by atoms with van der Waals surface area (Å²) < 4.78 is 6.72. The first kappa shape index (κ1) is 26.2. The minimum atomic E-state index is -1.00. The zero-order valence-corrected chi connectivity index (χ0v) is 22.1. The molecule has 0 N–H and O–H groups in total. The molecule has 11 heteroatoms. The highest BCUT2D eigenvalue weighted by molar-refractivity contribution is 8.18. The summed E-state index contributed by atoms with van der Waals surface area (Å²) in [6.07, 6.45) is 1.67. The quantitative estimate of drug-likeness (QED) is 0.162. The molecule has 1 aromatic heterocycles. The molecule has 0 radical (unpaired) electrons. The van der Waals surface area contributed by atoms with Gasteiger partial charge in [0.2, 0.25) is 0 Å². The summed E-state index contributed by atoms with van der Waals surface area (Å²) in [5.41, 5.74) is 3.60. The number of amides is 2. The number of aromatic nitrogens is 1.